The lowest BCUT2D eigenvalue weighted by atomic mass is 10.00. The lowest BCUT2D eigenvalue weighted by Crippen LogP contribution is -2.53. The Morgan fingerprint density at radius 3 is 1.16 bits per heavy atom. The Balaban J connectivity index is 3.55. The average Bonchev–Trinajstić information content (AvgIpc) is 3.23. The van der Waals surface area contributed by atoms with Crippen LogP contribution in [0, 0.1) is 0 Å². The predicted molar refractivity (Wildman–Crippen MR) is 251 cm³/mol. The Morgan fingerprint density at radius 1 is 0.414 bits per heavy atom. The van der Waals surface area contributed by atoms with Gasteiger partial charge < -0.3 is 25.7 Å². The van der Waals surface area contributed by atoms with Crippen LogP contribution in [0.1, 0.15) is 258 Å². The molecule has 0 radical (unpaired) electrons. The Hall–Kier alpha value is -1.47. The van der Waals surface area contributed by atoms with Crippen LogP contribution in [0.3, 0.4) is 0 Å². The zero-order valence-electron chi connectivity index (χ0n) is 38.5. The van der Waals surface area contributed by atoms with E-state index >= 15 is 0 Å². The molecule has 1 amide bonds. The van der Waals surface area contributed by atoms with E-state index < -0.39 is 36.9 Å². The molecule has 0 rings (SSSR count). The maximum absolute atomic E-state index is 12.5. The summed E-state index contributed by atoms with van der Waals surface area (Å²) in [4.78, 5) is 12.5. The molecule has 0 aliphatic heterocycles. The van der Waals surface area contributed by atoms with Gasteiger partial charge in [-0.15, -0.1) is 0 Å². The Kier molecular flexibility index (Phi) is 45.4. The fraction of sp³-hybridized carbons (Fsp3) is 0.865. The van der Waals surface area contributed by atoms with Gasteiger partial charge in [-0.05, 0) is 70.6 Å². The lowest BCUT2D eigenvalue weighted by molar-refractivity contribution is -0.132. The molecule has 0 aromatic rings. The molecule has 0 saturated heterocycles. The van der Waals surface area contributed by atoms with E-state index in [4.69, 9.17) is 0 Å². The summed E-state index contributed by atoms with van der Waals surface area (Å²) in [5.41, 5.74) is 0. The monoisotopic (exact) mass is 818 g/mol. The van der Waals surface area contributed by atoms with Crippen LogP contribution in [0.4, 0.5) is 0 Å². The Morgan fingerprint density at radius 2 is 0.759 bits per heavy atom. The van der Waals surface area contributed by atoms with E-state index in [1.165, 1.54) is 180 Å². The minimum absolute atomic E-state index is 0.361. The molecule has 6 nitrogen and oxygen atoms in total. The van der Waals surface area contributed by atoms with Crippen LogP contribution in [0.5, 0.6) is 0 Å². The van der Waals surface area contributed by atoms with Gasteiger partial charge in [-0.1, -0.05) is 224 Å². The molecule has 0 aromatic carbocycles. The SMILES string of the molecule is CCC/C=C/CC/C=C/CCCC(O)C(O)C(CO)NC(=O)C(O)CCCCCCCCCCCCCCCCCC/C=C\CCCCCCCCCCCCCC. The van der Waals surface area contributed by atoms with Gasteiger partial charge >= 0.3 is 0 Å². The van der Waals surface area contributed by atoms with Gasteiger partial charge in [-0.25, -0.2) is 0 Å². The predicted octanol–water partition coefficient (Wildman–Crippen LogP) is 14.1. The number of aliphatic hydroxyl groups is 4. The van der Waals surface area contributed by atoms with Gasteiger partial charge in [0.05, 0.1) is 18.8 Å². The first kappa shape index (κ1) is 56.5. The molecule has 4 unspecified atom stereocenters. The molecular formula is C52H99NO5. The lowest BCUT2D eigenvalue weighted by Gasteiger charge is -2.27. The number of allylic oxidation sites excluding steroid dienone is 6. The highest BCUT2D eigenvalue weighted by atomic mass is 16.3. The normalized spacial score (nSPS) is 14.2. The van der Waals surface area contributed by atoms with Crippen molar-refractivity contribution in [3.63, 3.8) is 0 Å². The Bertz CT molecular complexity index is 919. The molecular weight excluding hydrogens is 719 g/mol. The van der Waals surface area contributed by atoms with E-state index in [-0.39, 0.29) is 0 Å². The van der Waals surface area contributed by atoms with Crippen molar-refractivity contribution in [1.82, 2.24) is 5.32 Å². The van der Waals surface area contributed by atoms with Crippen molar-refractivity contribution in [3.05, 3.63) is 36.5 Å². The first-order chi connectivity index (χ1) is 28.5. The molecule has 5 N–H and O–H groups in total. The number of hydrogen-bond acceptors (Lipinski definition) is 5. The van der Waals surface area contributed by atoms with Crippen LogP contribution in [0.25, 0.3) is 0 Å². The third kappa shape index (κ3) is 40.0. The first-order valence-electron chi connectivity index (χ1n) is 25.4. The van der Waals surface area contributed by atoms with Crippen molar-refractivity contribution in [2.24, 2.45) is 0 Å². The van der Waals surface area contributed by atoms with Gasteiger partial charge in [0.25, 0.3) is 0 Å². The summed E-state index contributed by atoms with van der Waals surface area (Å²) in [7, 11) is 0. The molecule has 0 fully saturated rings. The molecule has 0 bridgehead atoms. The van der Waals surface area contributed by atoms with E-state index in [2.05, 4.69) is 55.6 Å². The third-order valence-electron chi connectivity index (χ3n) is 11.8. The van der Waals surface area contributed by atoms with E-state index in [9.17, 15) is 25.2 Å². The van der Waals surface area contributed by atoms with Gasteiger partial charge in [-0.2, -0.15) is 0 Å². The van der Waals surface area contributed by atoms with E-state index in [1.54, 1.807) is 0 Å². The summed E-state index contributed by atoms with van der Waals surface area (Å²) in [5.74, 6) is -0.598. The third-order valence-corrected chi connectivity index (χ3v) is 11.8. The average molecular weight is 818 g/mol. The van der Waals surface area contributed by atoms with E-state index in [0.717, 1.165) is 44.9 Å². The largest absolute Gasteiger partial charge is 0.394 e. The van der Waals surface area contributed by atoms with E-state index in [0.29, 0.717) is 19.3 Å². The molecule has 0 saturated carbocycles. The fourth-order valence-electron chi connectivity index (χ4n) is 7.78. The number of carbonyl (C=O) groups excluding carboxylic acids is 1. The van der Waals surface area contributed by atoms with E-state index in [1.807, 2.05) is 0 Å². The zero-order chi connectivity index (χ0) is 42.4. The van der Waals surface area contributed by atoms with Crippen molar-refractivity contribution in [2.45, 2.75) is 282 Å². The number of nitrogens with one attached hydrogen (secondary N) is 1. The minimum atomic E-state index is -1.29. The van der Waals surface area contributed by atoms with Gasteiger partial charge in [0.15, 0.2) is 0 Å². The summed E-state index contributed by atoms with van der Waals surface area (Å²) in [6.45, 7) is 3.96. The van der Waals surface area contributed by atoms with Crippen LogP contribution in [0.2, 0.25) is 0 Å². The highest BCUT2D eigenvalue weighted by molar-refractivity contribution is 5.80. The number of unbranched alkanes of at least 4 members (excludes halogenated alkanes) is 31. The summed E-state index contributed by atoms with van der Waals surface area (Å²) in [5, 5.41) is 43.6. The summed E-state index contributed by atoms with van der Waals surface area (Å²) in [6, 6.07) is -1.01. The van der Waals surface area contributed by atoms with Crippen molar-refractivity contribution < 1.29 is 25.2 Å². The molecule has 0 aliphatic rings. The van der Waals surface area contributed by atoms with Crippen LogP contribution in [-0.4, -0.2) is 57.3 Å². The highest BCUT2D eigenvalue weighted by Gasteiger charge is 2.28. The maximum Gasteiger partial charge on any atom is 0.249 e. The number of rotatable bonds is 46. The molecule has 4 atom stereocenters. The number of amides is 1. The van der Waals surface area contributed by atoms with Crippen molar-refractivity contribution in [3.8, 4) is 0 Å². The van der Waals surface area contributed by atoms with Crippen LogP contribution in [-0.2, 0) is 4.79 Å². The molecule has 0 aromatic heterocycles. The summed E-state index contributed by atoms with van der Waals surface area (Å²) < 4.78 is 0. The quantitative estimate of drug-likeness (QED) is 0.0310. The van der Waals surface area contributed by atoms with Crippen molar-refractivity contribution in [1.29, 1.82) is 0 Å². The second-order valence-corrected chi connectivity index (χ2v) is 17.5. The van der Waals surface area contributed by atoms with Crippen molar-refractivity contribution >= 4 is 5.91 Å². The second-order valence-electron chi connectivity index (χ2n) is 17.5. The summed E-state index contributed by atoms with van der Waals surface area (Å²) in [6.07, 6.45) is 56.6. The van der Waals surface area contributed by atoms with Gasteiger partial charge in [-0.3, -0.25) is 4.79 Å². The molecule has 6 heteroatoms. The minimum Gasteiger partial charge on any atom is -0.394 e. The molecule has 342 valence electrons. The van der Waals surface area contributed by atoms with Gasteiger partial charge in [0.2, 0.25) is 5.91 Å². The standard InChI is InChI=1S/C52H99NO5/c1-3-5-7-9-11-13-15-16-17-18-19-20-21-22-23-24-25-26-27-28-29-30-31-32-33-34-35-36-38-40-42-44-46-50(56)52(58)53-48(47-54)51(57)49(55)45-43-41-39-37-14-12-10-8-6-4-2/h8,10,22-23,37,39,48-51,54-57H,3-7,9,11-21,24-36,38,40-47H2,1-2H3,(H,53,58)/b10-8+,23-22-,39-37+. The molecule has 58 heavy (non-hydrogen) atoms. The Labute approximate surface area is 360 Å². The number of hydrogen-bond donors (Lipinski definition) is 5. The molecule has 0 aliphatic carbocycles. The van der Waals surface area contributed by atoms with Crippen LogP contribution >= 0.6 is 0 Å². The van der Waals surface area contributed by atoms with Gasteiger partial charge in [0, 0.05) is 0 Å². The topological polar surface area (TPSA) is 110 Å². The molecule has 0 heterocycles. The highest BCUT2D eigenvalue weighted by Crippen LogP contribution is 2.17. The maximum atomic E-state index is 12.5. The second kappa shape index (κ2) is 46.6. The summed E-state index contributed by atoms with van der Waals surface area (Å²) >= 11 is 0. The smallest absolute Gasteiger partial charge is 0.249 e. The van der Waals surface area contributed by atoms with Crippen LogP contribution < -0.4 is 5.32 Å². The zero-order valence-corrected chi connectivity index (χ0v) is 38.5. The molecule has 0 spiro atoms. The number of aliphatic hydroxyl groups excluding tert-OH is 4. The number of carbonyl (C=O) groups is 1. The van der Waals surface area contributed by atoms with Crippen molar-refractivity contribution in [2.75, 3.05) is 6.61 Å². The van der Waals surface area contributed by atoms with Crippen LogP contribution in [0.15, 0.2) is 36.5 Å². The fourth-order valence-corrected chi connectivity index (χ4v) is 7.78. The van der Waals surface area contributed by atoms with Gasteiger partial charge in [0.1, 0.15) is 12.2 Å². The first-order valence-corrected chi connectivity index (χ1v) is 25.4.